The molecular formula is C27H31N5O3. The van der Waals surface area contributed by atoms with Crippen molar-refractivity contribution in [2.45, 2.75) is 6.42 Å². The van der Waals surface area contributed by atoms with Gasteiger partial charge in [0.1, 0.15) is 18.7 Å². The Kier molecular flexibility index (Phi) is 7.72. The molecule has 2 heterocycles. The van der Waals surface area contributed by atoms with Crippen molar-refractivity contribution < 1.29 is 14.3 Å². The van der Waals surface area contributed by atoms with Crippen LogP contribution in [0, 0.1) is 0 Å². The molecule has 0 fully saturated rings. The molecule has 2 aromatic carbocycles. The van der Waals surface area contributed by atoms with E-state index in [1.54, 1.807) is 29.2 Å². The first-order chi connectivity index (χ1) is 16.9. The Hall–Kier alpha value is -3.78. The van der Waals surface area contributed by atoms with E-state index in [-0.39, 0.29) is 11.8 Å². The monoisotopic (exact) mass is 473 g/mol. The van der Waals surface area contributed by atoms with Crippen LogP contribution >= 0.6 is 0 Å². The van der Waals surface area contributed by atoms with Gasteiger partial charge in [-0.05, 0) is 55.1 Å². The summed E-state index contributed by atoms with van der Waals surface area (Å²) in [6.45, 7) is 1.99. The Labute approximate surface area is 206 Å². The van der Waals surface area contributed by atoms with Gasteiger partial charge in [0.05, 0.1) is 13.1 Å². The number of amides is 2. The molecule has 1 aliphatic heterocycles. The van der Waals surface area contributed by atoms with Gasteiger partial charge in [-0.25, -0.2) is 9.97 Å². The summed E-state index contributed by atoms with van der Waals surface area (Å²) in [5, 5.41) is 0. The summed E-state index contributed by atoms with van der Waals surface area (Å²) in [6, 6.07) is 13.7. The van der Waals surface area contributed by atoms with Gasteiger partial charge in [0, 0.05) is 50.1 Å². The minimum absolute atomic E-state index is 0.00758. The third-order valence-corrected chi connectivity index (χ3v) is 6.00. The molecule has 0 unspecified atom stereocenters. The van der Waals surface area contributed by atoms with Gasteiger partial charge in [-0.15, -0.1) is 0 Å². The van der Waals surface area contributed by atoms with E-state index in [1.807, 2.05) is 55.4 Å². The SMILES string of the molecule is CN(C)CC(=O)N1CCOc2ccc(-c3cncnc3)cc2Cc2cccc(c2)C(=O)N(C)CC1. The molecule has 0 aliphatic carbocycles. The van der Waals surface area contributed by atoms with Crippen molar-refractivity contribution in [1.29, 1.82) is 0 Å². The van der Waals surface area contributed by atoms with Crippen LogP contribution in [0.25, 0.3) is 11.1 Å². The van der Waals surface area contributed by atoms with E-state index in [0.29, 0.717) is 44.8 Å². The average Bonchev–Trinajstić information content (AvgIpc) is 2.85. The largest absolute Gasteiger partial charge is 0.491 e. The predicted molar refractivity (Wildman–Crippen MR) is 134 cm³/mol. The Bertz CT molecular complexity index is 1180. The molecule has 0 spiro atoms. The molecule has 1 aliphatic rings. The van der Waals surface area contributed by atoms with Crippen molar-refractivity contribution >= 4 is 11.8 Å². The summed E-state index contributed by atoms with van der Waals surface area (Å²) in [7, 11) is 5.51. The summed E-state index contributed by atoms with van der Waals surface area (Å²) >= 11 is 0. The normalized spacial score (nSPS) is 14.8. The number of likely N-dealkylation sites (N-methyl/N-ethyl adjacent to an activating group) is 2. The zero-order valence-electron chi connectivity index (χ0n) is 20.5. The van der Waals surface area contributed by atoms with Crippen LogP contribution in [0.15, 0.2) is 61.2 Å². The molecule has 0 saturated carbocycles. The Morgan fingerprint density at radius 1 is 1.00 bits per heavy atom. The van der Waals surface area contributed by atoms with Crippen molar-refractivity contribution in [3.8, 4) is 16.9 Å². The number of benzene rings is 2. The second-order valence-corrected chi connectivity index (χ2v) is 9.02. The third kappa shape index (κ3) is 6.22. The van der Waals surface area contributed by atoms with Gasteiger partial charge in [0.2, 0.25) is 5.91 Å². The lowest BCUT2D eigenvalue weighted by Crippen LogP contribution is -2.44. The van der Waals surface area contributed by atoms with E-state index in [1.165, 1.54) is 6.33 Å². The predicted octanol–water partition coefficient (Wildman–Crippen LogP) is 2.59. The summed E-state index contributed by atoms with van der Waals surface area (Å²) in [6.07, 6.45) is 5.67. The highest BCUT2D eigenvalue weighted by Crippen LogP contribution is 2.28. The zero-order valence-corrected chi connectivity index (χ0v) is 20.5. The van der Waals surface area contributed by atoms with Gasteiger partial charge < -0.3 is 19.4 Å². The summed E-state index contributed by atoms with van der Waals surface area (Å²) < 4.78 is 6.21. The first kappa shape index (κ1) is 24.3. The second kappa shape index (κ2) is 11.1. The quantitative estimate of drug-likeness (QED) is 0.582. The maximum Gasteiger partial charge on any atom is 0.253 e. The lowest BCUT2D eigenvalue weighted by Gasteiger charge is -2.27. The number of nitrogens with zero attached hydrogens (tertiary/aromatic N) is 5. The average molecular weight is 474 g/mol. The molecular weight excluding hydrogens is 442 g/mol. The molecule has 8 heteroatoms. The Morgan fingerprint density at radius 2 is 1.80 bits per heavy atom. The highest BCUT2D eigenvalue weighted by molar-refractivity contribution is 5.94. The van der Waals surface area contributed by atoms with Crippen LogP contribution in [0.2, 0.25) is 0 Å². The van der Waals surface area contributed by atoms with Crippen LogP contribution in [-0.4, -0.2) is 90.4 Å². The molecule has 1 aromatic heterocycles. The van der Waals surface area contributed by atoms with Gasteiger partial charge in [-0.3, -0.25) is 9.59 Å². The van der Waals surface area contributed by atoms with Crippen molar-refractivity contribution in [2.24, 2.45) is 0 Å². The van der Waals surface area contributed by atoms with Crippen LogP contribution in [0.4, 0.5) is 0 Å². The number of aromatic nitrogens is 2. The number of fused-ring (bicyclic) bond motifs is 3. The zero-order chi connectivity index (χ0) is 24.8. The van der Waals surface area contributed by atoms with E-state index in [0.717, 1.165) is 28.0 Å². The molecule has 0 radical (unpaired) electrons. The van der Waals surface area contributed by atoms with Crippen LogP contribution in [0.3, 0.4) is 0 Å². The van der Waals surface area contributed by atoms with Gasteiger partial charge in [0.25, 0.3) is 5.91 Å². The number of rotatable bonds is 3. The number of ether oxygens (including phenoxy) is 1. The molecule has 2 bridgehead atoms. The Balaban J connectivity index is 1.69. The lowest BCUT2D eigenvalue weighted by atomic mass is 9.98. The maximum absolute atomic E-state index is 13.1. The molecule has 3 aromatic rings. The van der Waals surface area contributed by atoms with E-state index >= 15 is 0 Å². The lowest BCUT2D eigenvalue weighted by molar-refractivity contribution is -0.132. The van der Waals surface area contributed by atoms with Crippen molar-refractivity contribution in [3.05, 3.63) is 77.9 Å². The minimum atomic E-state index is -0.0597. The van der Waals surface area contributed by atoms with Crippen LogP contribution in [-0.2, 0) is 11.2 Å². The highest BCUT2D eigenvalue weighted by Gasteiger charge is 2.19. The summed E-state index contributed by atoms with van der Waals surface area (Å²) in [4.78, 5) is 39.5. The highest BCUT2D eigenvalue weighted by atomic mass is 16.5. The first-order valence-corrected chi connectivity index (χ1v) is 11.7. The Morgan fingerprint density at radius 3 is 2.57 bits per heavy atom. The van der Waals surface area contributed by atoms with Gasteiger partial charge in [0.15, 0.2) is 0 Å². The minimum Gasteiger partial charge on any atom is -0.491 e. The second-order valence-electron chi connectivity index (χ2n) is 9.02. The fourth-order valence-electron chi connectivity index (χ4n) is 4.11. The molecule has 0 atom stereocenters. The smallest absolute Gasteiger partial charge is 0.253 e. The first-order valence-electron chi connectivity index (χ1n) is 11.7. The molecule has 0 saturated heterocycles. The molecule has 182 valence electrons. The maximum atomic E-state index is 13.1. The van der Waals surface area contributed by atoms with Gasteiger partial charge in [-0.1, -0.05) is 18.2 Å². The number of hydrogen-bond donors (Lipinski definition) is 0. The number of carbonyl (C=O) groups excluding carboxylic acids is 2. The summed E-state index contributed by atoms with van der Waals surface area (Å²) in [5.41, 5.74) is 4.55. The van der Waals surface area contributed by atoms with Crippen molar-refractivity contribution in [2.75, 3.05) is 53.9 Å². The van der Waals surface area contributed by atoms with Gasteiger partial charge >= 0.3 is 0 Å². The molecule has 0 N–H and O–H groups in total. The van der Waals surface area contributed by atoms with Crippen molar-refractivity contribution in [3.63, 3.8) is 0 Å². The third-order valence-electron chi connectivity index (χ3n) is 6.00. The van der Waals surface area contributed by atoms with E-state index in [4.69, 9.17) is 4.74 Å². The van der Waals surface area contributed by atoms with E-state index in [2.05, 4.69) is 16.0 Å². The molecule has 35 heavy (non-hydrogen) atoms. The van der Waals surface area contributed by atoms with Crippen molar-refractivity contribution in [1.82, 2.24) is 24.7 Å². The fourth-order valence-corrected chi connectivity index (χ4v) is 4.11. The van der Waals surface area contributed by atoms with Crippen LogP contribution < -0.4 is 4.74 Å². The topological polar surface area (TPSA) is 78.9 Å². The molecule has 2 amide bonds. The van der Waals surface area contributed by atoms with E-state index in [9.17, 15) is 9.59 Å². The van der Waals surface area contributed by atoms with Crippen LogP contribution in [0.1, 0.15) is 21.5 Å². The number of hydrogen-bond acceptors (Lipinski definition) is 6. The molecule has 4 rings (SSSR count). The van der Waals surface area contributed by atoms with Gasteiger partial charge in [-0.2, -0.15) is 0 Å². The summed E-state index contributed by atoms with van der Waals surface area (Å²) in [5.74, 6) is 0.709. The molecule has 8 nitrogen and oxygen atoms in total. The fraction of sp³-hybridized carbons (Fsp3) is 0.333. The van der Waals surface area contributed by atoms with E-state index < -0.39 is 0 Å². The van der Waals surface area contributed by atoms with Crippen LogP contribution in [0.5, 0.6) is 5.75 Å². The standard InChI is InChI=1S/C27H31N5O3/c1-30(2)18-26(33)32-10-9-31(3)27(34)22-6-4-5-20(13-22)14-23-15-21(24-16-28-19-29-17-24)7-8-25(23)35-12-11-32/h4-8,13,15-17,19H,9-12,14,18H2,1-3H3. The number of carbonyl (C=O) groups is 2.